The first-order chi connectivity index (χ1) is 64.4. The van der Waals surface area contributed by atoms with Crippen LogP contribution in [0.5, 0.6) is 0 Å². The van der Waals surface area contributed by atoms with Gasteiger partial charge in [0.25, 0.3) is 0 Å². The van der Waals surface area contributed by atoms with Crippen LogP contribution in [0.25, 0.3) is 0 Å². The second-order valence-electron chi connectivity index (χ2n) is 35.8. The van der Waals surface area contributed by atoms with Gasteiger partial charge in [0.15, 0.2) is 0 Å². The zero-order valence-electron chi connectivity index (χ0n) is 85.6. The zero-order valence-corrected chi connectivity index (χ0v) is 85.6. The van der Waals surface area contributed by atoms with Crippen molar-refractivity contribution in [1.82, 2.24) is 31.9 Å². The van der Waals surface area contributed by atoms with E-state index in [0.717, 1.165) is 83.5 Å². The Kier molecular flexibility index (Phi) is 109. The van der Waals surface area contributed by atoms with Crippen LogP contribution in [-0.4, -0.2) is 232 Å². The summed E-state index contributed by atoms with van der Waals surface area (Å²) in [5.74, 6) is -0.242. The molecule has 0 aliphatic heterocycles. The Morgan fingerprint density at radius 2 is 0.389 bits per heavy atom. The molecule has 0 aliphatic rings. The molecule has 131 heavy (non-hydrogen) atoms. The van der Waals surface area contributed by atoms with E-state index in [1.807, 2.05) is 13.8 Å². The monoisotopic (exact) mass is 1870 g/mol. The van der Waals surface area contributed by atoms with Crippen molar-refractivity contribution in [3.63, 3.8) is 0 Å². The van der Waals surface area contributed by atoms with Crippen LogP contribution >= 0.6 is 0 Å². The van der Waals surface area contributed by atoms with E-state index in [1.54, 1.807) is 0 Å². The van der Waals surface area contributed by atoms with Crippen LogP contribution in [0.1, 0.15) is 440 Å². The number of carbonyl (C=O) groups excluding carboxylic acids is 8. The molecule has 6 amide bonds. The lowest BCUT2D eigenvalue weighted by molar-refractivity contribution is -0.129. The normalized spacial score (nSPS) is 11.8. The molecular formula is C106H206N6O19. The van der Waals surface area contributed by atoms with E-state index in [-0.39, 0.29) is 71.7 Å². The number of rotatable bonds is 109. The van der Waals surface area contributed by atoms with Gasteiger partial charge in [-0.1, -0.05) is 304 Å². The molecule has 25 nitrogen and oxygen atoms in total. The number of hydrogen-bond donors (Lipinski definition) is 6. The fraction of sp³-hybridized carbons (Fsp3) is 0.925. The highest BCUT2D eigenvalue weighted by atomic mass is 16.6. The summed E-state index contributed by atoms with van der Waals surface area (Å²) in [6.45, 7) is 26.7. The maximum absolute atomic E-state index is 13.4. The Balaban J connectivity index is 0. The van der Waals surface area contributed by atoms with Gasteiger partial charge in [0.05, 0.1) is 119 Å². The molecule has 0 aromatic heterocycles. The third kappa shape index (κ3) is 106. The first-order valence-corrected chi connectivity index (χ1v) is 54.4. The number of unbranched alkanes of at least 4 members (excludes halogenated alkanes) is 43. The maximum Gasteiger partial charge on any atom is 0.223 e. The molecule has 0 aliphatic carbocycles. The van der Waals surface area contributed by atoms with Gasteiger partial charge in [0.2, 0.25) is 35.4 Å². The van der Waals surface area contributed by atoms with Crippen LogP contribution in [0.4, 0.5) is 0 Å². The van der Waals surface area contributed by atoms with Crippen molar-refractivity contribution in [2.45, 2.75) is 440 Å². The Labute approximate surface area is 801 Å². The van der Waals surface area contributed by atoms with Crippen molar-refractivity contribution >= 4 is 47.0 Å². The van der Waals surface area contributed by atoms with Crippen molar-refractivity contribution in [3.8, 4) is 0 Å². The quantitative estimate of drug-likeness (QED) is 0.0308. The van der Waals surface area contributed by atoms with Crippen molar-refractivity contribution in [2.75, 3.05) is 185 Å². The van der Waals surface area contributed by atoms with Crippen LogP contribution in [-0.2, 0) is 90.5 Å². The number of nitrogens with one attached hydrogen (secondary N) is 6. The van der Waals surface area contributed by atoms with Gasteiger partial charge >= 0.3 is 0 Å². The Morgan fingerprint density at radius 1 is 0.183 bits per heavy atom. The van der Waals surface area contributed by atoms with Gasteiger partial charge in [0, 0.05) is 129 Å². The summed E-state index contributed by atoms with van der Waals surface area (Å²) >= 11 is 0. The molecule has 774 valence electrons. The van der Waals surface area contributed by atoms with Crippen molar-refractivity contribution in [3.05, 3.63) is 0 Å². The summed E-state index contributed by atoms with van der Waals surface area (Å²) in [6, 6.07) is 0. The minimum Gasteiger partial charge on any atom is -0.379 e. The summed E-state index contributed by atoms with van der Waals surface area (Å²) in [7, 11) is 0. The van der Waals surface area contributed by atoms with Crippen molar-refractivity contribution in [1.29, 1.82) is 0 Å². The van der Waals surface area contributed by atoms with E-state index in [4.69, 9.17) is 52.1 Å². The van der Waals surface area contributed by atoms with E-state index in [1.165, 1.54) is 238 Å². The van der Waals surface area contributed by atoms with Crippen LogP contribution in [0, 0.1) is 11.8 Å². The van der Waals surface area contributed by atoms with Gasteiger partial charge in [-0.3, -0.25) is 38.4 Å². The minimum atomic E-state index is -0.357. The summed E-state index contributed by atoms with van der Waals surface area (Å²) in [6.07, 6.45) is 66.9. The van der Waals surface area contributed by atoms with Crippen molar-refractivity contribution < 1.29 is 90.5 Å². The Morgan fingerprint density at radius 3 is 0.649 bits per heavy atom. The zero-order chi connectivity index (χ0) is 95.4. The van der Waals surface area contributed by atoms with Gasteiger partial charge in [-0.15, -0.1) is 0 Å². The summed E-state index contributed by atoms with van der Waals surface area (Å²) in [4.78, 5) is 101. The highest BCUT2D eigenvalue weighted by Crippen LogP contribution is 2.22. The van der Waals surface area contributed by atoms with Gasteiger partial charge in [-0.25, -0.2) is 0 Å². The van der Waals surface area contributed by atoms with Gasteiger partial charge < -0.3 is 84.0 Å². The molecule has 0 unspecified atom stereocenters. The molecule has 0 rings (SSSR count). The molecule has 0 saturated heterocycles. The predicted molar refractivity (Wildman–Crippen MR) is 534 cm³/mol. The predicted octanol–water partition coefficient (Wildman–Crippen LogP) is 21.5. The minimum absolute atomic E-state index is 0.0142. The highest BCUT2D eigenvalue weighted by Gasteiger charge is 2.23. The molecule has 0 aromatic rings. The number of hydrogen-bond acceptors (Lipinski definition) is 19. The number of amides is 6. The van der Waals surface area contributed by atoms with Gasteiger partial charge in [-0.2, -0.15) is 0 Å². The van der Waals surface area contributed by atoms with Crippen LogP contribution < -0.4 is 31.9 Å². The first-order valence-electron chi connectivity index (χ1n) is 54.4. The SMILES string of the molecule is CCCCCCCCCCCCCC(=O)C[C@H](CCCCNC(=O)CCCCCCCCCCCCC)C(=O)NCCCOCCOCCOCC.CCCCCCCCCCCCCCC(=O)NCCCC[C@@H](CC(=O)CCCCCCCCCCCCC)C(=O)NCCCOCCOCCOCCCNC(=O)CCOCCOCCOCCOCCOCCC(=O)NCC. The van der Waals surface area contributed by atoms with Gasteiger partial charge in [0.1, 0.15) is 11.6 Å². The number of carbonyl (C=O) groups is 8. The molecule has 0 heterocycles. The fourth-order valence-electron chi connectivity index (χ4n) is 15.4. The molecular weight excluding hydrogens is 1660 g/mol. The number of ketones is 2. The Hall–Kier alpha value is -4.28. The molecule has 0 bridgehead atoms. The lowest BCUT2D eigenvalue weighted by Crippen LogP contribution is -2.33. The average molecular weight is 1870 g/mol. The molecule has 0 spiro atoms. The number of Topliss-reactive ketones (excluding diaryl/α,β-unsaturated/α-hetero) is 2. The highest BCUT2D eigenvalue weighted by molar-refractivity contribution is 5.87. The molecule has 0 saturated carbocycles. The summed E-state index contributed by atoms with van der Waals surface area (Å²) in [5.41, 5.74) is 0. The molecule has 6 N–H and O–H groups in total. The lowest BCUT2D eigenvalue weighted by atomic mass is 9.93. The largest absolute Gasteiger partial charge is 0.379 e. The topological polar surface area (TPSA) is 310 Å². The summed E-state index contributed by atoms with van der Waals surface area (Å²) in [5, 5.41) is 17.8. The molecule has 2 atom stereocenters. The van der Waals surface area contributed by atoms with Crippen LogP contribution in [0.3, 0.4) is 0 Å². The maximum atomic E-state index is 13.4. The smallest absolute Gasteiger partial charge is 0.223 e. The molecule has 0 aromatic carbocycles. The fourth-order valence-corrected chi connectivity index (χ4v) is 15.4. The van der Waals surface area contributed by atoms with Crippen LogP contribution in [0.2, 0.25) is 0 Å². The average Bonchev–Trinajstić information content (AvgIpc) is 0.923. The van der Waals surface area contributed by atoms with E-state index in [0.29, 0.717) is 249 Å². The van der Waals surface area contributed by atoms with E-state index >= 15 is 0 Å². The van der Waals surface area contributed by atoms with E-state index in [2.05, 4.69) is 59.6 Å². The van der Waals surface area contributed by atoms with Crippen molar-refractivity contribution in [2.24, 2.45) is 11.8 Å². The number of ether oxygens (including phenoxy) is 11. The second-order valence-corrected chi connectivity index (χ2v) is 35.8. The summed E-state index contributed by atoms with van der Waals surface area (Å²) < 4.78 is 60.5. The van der Waals surface area contributed by atoms with Crippen LogP contribution in [0.15, 0.2) is 0 Å². The van der Waals surface area contributed by atoms with E-state index < -0.39 is 0 Å². The third-order valence-electron chi connectivity index (χ3n) is 23.5. The second kappa shape index (κ2) is 111. The van der Waals surface area contributed by atoms with E-state index in [9.17, 15) is 38.4 Å². The Bertz CT molecular complexity index is 2440. The lowest BCUT2D eigenvalue weighted by Gasteiger charge is -2.17. The standard InChI is InChI=1S/C62H120N4O13.C44H86N2O6/c1-4-7-9-11-13-15-17-19-21-23-25-27-34-59(68)64-37-29-28-32-57(56-58(67)33-26-24-22-20-18-16-14-12-10-8-5-2)62(71)66-39-31-41-73-45-49-76-48-44-72-40-30-38-65-61(70)36-43-75-47-51-78-53-55-79-54-52-77-50-46-74-42-35-60(69)63-6-3;1-4-7-9-11-13-15-17-19-21-23-25-31-42(47)40-41(44(49)46-34-29-35-51-38-39-52-37-36-50-6-3)30-27-28-33-45-43(48)32-26-24-22-20-18-16-14-12-10-8-5-2/h57H,4-56H2,1-3H3,(H,63,69)(H,64,68)(H,65,70)(H,66,71);41H,4-40H2,1-3H3,(H,45,48)(H,46,49)/t57-;41-/m00/s1. The van der Waals surface area contributed by atoms with Gasteiger partial charge in [-0.05, 0) is 84.5 Å². The molecule has 0 radical (unpaired) electrons. The first kappa shape index (κ1) is 129. The molecule has 25 heteroatoms. The molecule has 0 fully saturated rings. The third-order valence-corrected chi connectivity index (χ3v) is 23.5.